The minimum Gasteiger partial charge on any atom is -0.207 e. The first kappa shape index (κ1) is 18.3. The molecule has 0 aliphatic heterocycles. The van der Waals surface area contributed by atoms with Gasteiger partial charge in [0.25, 0.3) is 0 Å². The number of fused-ring (bicyclic) bond motifs is 5. The van der Waals surface area contributed by atoms with Crippen LogP contribution in [0.5, 0.6) is 0 Å². The maximum Gasteiger partial charge on any atom is 0.127 e. The number of hydrogen-bond acceptors (Lipinski definition) is 0. The van der Waals surface area contributed by atoms with Gasteiger partial charge in [-0.05, 0) is 88.0 Å². The molecule has 0 amide bonds. The van der Waals surface area contributed by atoms with Crippen molar-refractivity contribution in [2.24, 2.45) is 5.92 Å². The van der Waals surface area contributed by atoms with Gasteiger partial charge in [-0.25, -0.2) is 4.39 Å². The van der Waals surface area contributed by atoms with Crippen molar-refractivity contribution in [2.45, 2.75) is 25.7 Å². The van der Waals surface area contributed by atoms with Crippen LogP contribution in [0.3, 0.4) is 0 Å². The first-order valence-corrected chi connectivity index (χ1v) is 11.2. The number of rotatable bonds is 2. The number of hydrogen-bond donors (Lipinski definition) is 0. The van der Waals surface area contributed by atoms with Crippen LogP contribution in [0.25, 0.3) is 21.5 Å². The zero-order valence-electron chi connectivity index (χ0n) is 15.3. The highest BCUT2D eigenvalue weighted by Crippen LogP contribution is 2.37. The Hall–Kier alpha value is -1.71. The Bertz CT molecular complexity index is 1210. The fourth-order valence-corrected chi connectivity index (χ4v) is 5.47. The predicted octanol–water partition coefficient (Wildman–Crippen LogP) is 8.00. The smallest absolute Gasteiger partial charge is 0.127 e. The molecule has 1 unspecified atom stereocenters. The maximum atomic E-state index is 14.3. The van der Waals surface area contributed by atoms with Gasteiger partial charge in [-0.15, -0.1) is 0 Å². The Balaban J connectivity index is 1.55. The van der Waals surface area contributed by atoms with Crippen molar-refractivity contribution in [1.29, 1.82) is 0 Å². The molecular weight excluding hydrogens is 479 g/mol. The molecule has 1 aliphatic rings. The van der Waals surface area contributed by atoms with Crippen LogP contribution in [0.4, 0.5) is 4.39 Å². The van der Waals surface area contributed by atoms with Crippen molar-refractivity contribution >= 4 is 53.4 Å². The number of halogens is 3. The molecule has 0 bridgehead atoms. The van der Waals surface area contributed by atoms with E-state index < -0.39 is 0 Å². The molecule has 0 nitrogen and oxygen atoms in total. The van der Waals surface area contributed by atoms with Gasteiger partial charge in [0.1, 0.15) is 5.82 Å². The minimum absolute atomic E-state index is 0.103. The van der Waals surface area contributed by atoms with Crippen LogP contribution in [-0.2, 0) is 19.3 Å². The summed E-state index contributed by atoms with van der Waals surface area (Å²) in [5.41, 5.74) is 3.73. The number of benzene rings is 4. The minimum atomic E-state index is -0.103. The van der Waals surface area contributed by atoms with Crippen molar-refractivity contribution in [2.75, 3.05) is 0 Å². The van der Waals surface area contributed by atoms with Gasteiger partial charge in [0, 0.05) is 8.95 Å². The molecule has 1 aliphatic carbocycles. The second kappa shape index (κ2) is 7.27. The summed E-state index contributed by atoms with van der Waals surface area (Å²) in [7, 11) is 0. The molecule has 0 saturated carbocycles. The van der Waals surface area contributed by atoms with E-state index in [1.165, 1.54) is 32.7 Å². The zero-order valence-corrected chi connectivity index (χ0v) is 18.5. The number of aryl methyl sites for hydroxylation is 1. The monoisotopic (exact) mass is 496 g/mol. The van der Waals surface area contributed by atoms with Crippen LogP contribution in [0.1, 0.15) is 23.1 Å². The van der Waals surface area contributed by atoms with E-state index in [0.717, 1.165) is 40.2 Å². The second-order valence-corrected chi connectivity index (χ2v) is 9.52. The maximum absolute atomic E-state index is 14.3. The van der Waals surface area contributed by atoms with E-state index in [9.17, 15) is 4.39 Å². The summed E-state index contributed by atoms with van der Waals surface area (Å²) in [5.74, 6) is 0.376. The van der Waals surface area contributed by atoms with Crippen LogP contribution in [0.2, 0.25) is 0 Å². The lowest BCUT2D eigenvalue weighted by atomic mass is 9.78. The molecule has 5 rings (SSSR count). The van der Waals surface area contributed by atoms with E-state index in [-0.39, 0.29) is 5.82 Å². The Morgan fingerprint density at radius 2 is 1.64 bits per heavy atom. The highest BCUT2D eigenvalue weighted by Gasteiger charge is 2.22. The van der Waals surface area contributed by atoms with Gasteiger partial charge in [-0.1, -0.05) is 74.3 Å². The molecule has 0 fully saturated rings. The Labute approximate surface area is 181 Å². The van der Waals surface area contributed by atoms with Gasteiger partial charge < -0.3 is 0 Å². The third-order valence-electron chi connectivity index (χ3n) is 6.05. The van der Waals surface area contributed by atoms with Crippen LogP contribution < -0.4 is 0 Å². The molecule has 0 saturated heterocycles. The summed E-state index contributed by atoms with van der Waals surface area (Å²) in [6.07, 6.45) is 4.01. The molecule has 0 heterocycles. The molecule has 4 aromatic rings. The van der Waals surface area contributed by atoms with Crippen molar-refractivity contribution in [3.05, 3.63) is 92.1 Å². The first-order chi connectivity index (χ1) is 13.6. The Morgan fingerprint density at radius 3 is 2.50 bits per heavy atom. The molecule has 0 spiro atoms. The highest BCUT2D eigenvalue weighted by molar-refractivity contribution is 9.11. The fourth-order valence-electron chi connectivity index (χ4n) is 4.64. The normalized spacial score (nSPS) is 16.5. The molecule has 140 valence electrons. The quantitative estimate of drug-likeness (QED) is 0.246. The Kier molecular flexibility index (Phi) is 4.76. The Morgan fingerprint density at radius 1 is 0.857 bits per heavy atom. The van der Waals surface area contributed by atoms with Gasteiger partial charge in [0.2, 0.25) is 0 Å². The van der Waals surface area contributed by atoms with E-state index in [0.29, 0.717) is 5.92 Å². The second-order valence-electron chi connectivity index (χ2n) is 7.75. The van der Waals surface area contributed by atoms with Crippen LogP contribution in [0, 0.1) is 11.7 Å². The van der Waals surface area contributed by atoms with Gasteiger partial charge in [-0.2, -0.15) is 0 Å². The van der Waals surface area contributed by atoms with Crippen molar-refractivity contribution < 1.29 is 4.39 Å². The lowest BCUT2D eigenvalue weighted by Gasteiger charge is -2.26. The largest absolute Gasteiger partial charge is 0.207 e. The van der Waals surface area contributed by atoms with E-state index in [2.05, 4.69) is 74.3 Å². The molecule has 1 atom stereocenters. The van der Waals surface area contributed by atoms with Crippen molar-refractivity contribution in [3.8, 4) is 0 Å². The third-order valence-corrected chi connectivity index (χ3v) is 7.24. The van der Waals surface area contributed by atoms with E-state index >= 15 is 0 Å². The lowest BCUT2D eigenvalue weighted by Crippen LogP contribution is -2.17. The van der Waals surface area contributed by atoms with Crippen LogP contribution >= 0.6 is 31.9 Å². The first-order valence-electron chi connectivity index (χ1n) is 9.66. The predicted molar refractivity (Wildman–Crippen MR) is 122 cm³/mol. The molecule has 0 radical (unpaired) electrons. The van der Waals surface area contributed by atoms with Gasteiger partial charge in [0.05, 0.1) is 0 Å². The molecule has 28 heavy (non-hydrogen) atoms. The molecule has 4 aromatic carbocycles. The van der Waals surface area contributed by atoms with Crippen LogP contribution in [0.15, 0.2) is 69.6 Å². The average Bonchev–Trinajstić information content (AvgIpc) is 2.70. The van der Waals surface area contributed by atoms with Crippen molar-refractivity contribution in [3.63, 3.8) is 0 Å². The summed E-state index contributed by atoms with van der Waals surface area (Å²) in [4.78, 5) is 0. The summed E-state index contributed by atoms with van der Waals surface area (Å²) >= 11 is 7.03. The topological polar surface area (TPSA) is 0 Å². The van der Waals surface area contributed by atoms with Gasteiger partial charge in [0.15, 0.2) is 0 Å². The van der Waals surface area contributed by atoms with E-state index in [4.69, 9.17) is 0 Å². The fraction of sp³-hybridized carbons (Fsp3) is 0.200. The molecule has 0 aromatic heterocycles. The summed E-state index contributed by atoms with van der Waals surface area (Å²) in [5, 5.41) is 5.20. The van der Waals surface area contributed by atoms with Crippen molar-refractivity contribution in [1.82, 2.24) is 0 Å². The molecular formula is C25H19Br2F. The molecule has 0 N–H and O–H groups in total. The average molecular weight is 498 g/mol. The van der Waals surface area contributed by atoms with E-state index in [1.54, 1.807) is 6.07 Å². The van der Waals surface area contributed by atoms with Gasteiger partial charge in [-0.3, -0.25) is 0 Å². The zero-order chi connectivity index (χ0) is 19.3. The standard InChI is InChI=1S/C25H19Br2F/c26-18-8-6-17(25(28)14-18)12-15-4-5-16-7-9-20-19-2-1-3-24(27)22(19)11-10-21(20)23(16)13-15/h1-3,6-11,14-15H,4-5,12-13H2. The summed E-state index contributed by atoms with van der Waals surface area (Å²) in [6.45, 7) is 0. The van der Waals surface area contributed by atoms with Gasteiger partial charge >= 0.3 is 0 Å². The lowest BCUT2D eigenvalue weighted by molar-refractivity contribution is 0.448. The SMILES string of the molecule is Fc1cc(Br)ccc1CC1CCc2ccc3c(ccc4c(Br)cccc43)c2C1. The molecule has 3 heteroatoms. The summed E-state index contributed by atoms with van der Waals surface area (Å²) < 4.78 is 16.3. The highest BCUT2D eigenvalue weighted by atomic mass is 79.9. The van der Waals surface area contributed by atoms with E-state index in [1.807, 2.05) is 12.1 Å². The summed E-state index contributed by atoms with van der Waals surface area (Å²) in [6, 6.07) is 20.9. The van der Waals surface area contributed by atoms with Crippen LogP contribution in [-0.4, -0.2) is 0 Å². The third kappa shape index (κ3) is 3.19.